The number of nitrogens with two attached hydrogens (primary N) is 1. The van der Waals surface area contributed by atoms with Gasteiger partial charge in [-0.25, -0.2) is 4.79 Å². The first-order chi connectivity index (χ1) is 6.61. The van der Waals surface area contributed by atoms with Crippen molar-refractivity contribution in [3.8, 4) is 0 Å². The lowest BCUT2D eigenvalue weighted by Gasteiger charge is -2.22. The Morgan fingerprint density at radius 1 is 1.43 bits per heavy atom. The molecule has 0 fully saturated rings. The van der Waals surface area contributed by atoms with E-state index in [0.717, 1.165) is 0 Å². The third-order valence-electron chi connectivity index (χ3n) is 1.56. The van der Waals surface area contributed by atoms with Crippen LogP contribution in [0, 0.1) is 0 Å². The van der Waals surface area contributed by atoms with Crippen LogP contribution in [0.3, 0.4) is 0 Å². The molecule has 0 aromatic carbocycles. The molecule has 0 aliphatic carbocycles. The molecule has 0 rings (SSSR count). The molecule has 2 N–H and O–H groups in total. The van der Waals surface area contributed by atoms with Crippen molar-refractivity contribution in [2.75, 3.05) is 33.4 Å². The maximum absolute atomic E-state index is 11.4. The minimum Gasteiger partial charge on any atom is -0.447 e. The fourth-order valence-electron chi connectivity index (χ4n) is 0.928. The lowest BCUT2D eigenvalue weighted by Crippen LogP contribution is -2.39. The lowest BCUT2D eigenvalue weighted by molar-refractivity contribution is 0.0674. The standard InChI is InChI=1S/C9H20N2O3/c1-8(2)14-9(12)11(5-4-10)6-7-13-3/h8H,4-7,10H2,1-3H3. The highest BCUT2D eigenvalue weighted by molar-refractivity contribution is 5.67. The molecular weight excluding hydrogens is 184 g/mol. The zero-order chi connectivity index (χ0) is 11.0. The van der Waals surface area contributed by atoms with Crippen LogP contribution in [0.15, 0.2) is 0 Å². The van der Waals surface area contributed by atoms with Crippen molar-refractivity contribution in [1.29, 1.82) is 0 Å². The molecule has 84 valence electrons. The van der Waals surface area contributed by atoms with Gasteiger partial charge in [0.2, 0.25) is 0 Å². The van der Waals surface area contributed by atoms with Crippen LogP contribution >= 0.6 is 0 Å². The van der Waals surface area contributed by atoms with Gasteiger partial charge in [0.05, 0.1) is 12.7 Å². The quantitative estimate of drug-likeness (QED) is 0.681. The molecule has 0 aromatic heterocycles. The van der Waals surface area contributed by atoms with Gasteiger partial charge in [0.25, 0.3) is 0 Å². The number of carbonyl (C=O) groups is 1. The van der Waals surface area contributed by atoms with Crippen molar-refractivity contribution >= 4 is 6.09 Å². The molecule has 5 heteroatoms. The second-order valence-corrected chi connectivity index (χ2v) is 3.20. The lowest BCUT2D eigenvalue weighted by atomic mass is 10.5. The van der Waals surface area contributed by atoms with E-state index in [-0.39, 0.29) is 12.2 Å². The molecule has 0 radical (unpaired) electrons. The van der Waals surface area contributed by atoms with Gasteiger partial charge in [-0.3, -0.25) is 0 Å². The average molecular weight is 204 g/mol. The summed E-state index contributed by atoms with van der Waals surface area (Å²) in [6.07, 6.45) is -0.437. The highest BCUT2D eigenvalue weighted by Crippen LogP contribution is 1.97. The number of carbonyl (C=O) groups excluding carboxylic acids is 1. The first-order valence-electron chi connectivity index (χ1n) is 4.76. The van der Waals surface area contributed by atoms with E-state index in [1.807, 2.05) is 13.8 Å². The monoisotopic (exact) mass is 204 g/mol. The maximum Gasteiger partial charge on any atom is 0.410 e. The van der Waals surface area contributed by atoms with Crippen molar-refractivity contribution in [2.45, 2.75) is 20.0 Å². The number of methoxy groups -OCH3 is 1. The summed E-state index contributed by atoms with van der Waals surface area (Å²) in [5.41, 5.74) is 5.38. The highest BCUT2D eigenvalue weighted by atomic mass is 16.6. The number of amides is 1. The first kappa shape index (κ1) is 13.2. The van der Waals surface area contributed by atoms with E-state index in [9.17, 15) is 4.79 Å². The number of ether oxygens (including phenoxy) is 2. The predicted octanol–water partition coefficient (Wildman–Crippen LogP) is 0.439. The molecule has 0 aliphatic rings. The summed E-state index contributed by atoms with van der Waals surface area (Å²) in [5.74, 6) is 0. The third kappa shape index (κ3) is 5.77. The van der Waals surface area contributed by atoms with E-state index in [2.05, 4.69) is 0 Å². The molecular formula is C9H20N2O3. The number of nitrogens with zero attached hydrogens (tertiary/aromatic N) is 1. The predicted molar refractivity (Wildman–Crippen MR) is 54.1 cm³/mol. The number of rotatable bonds is 6. The van der Waals surface area contributed by atoms with Gasteiger partial charge < -0.3 is 20.1 Å². The van der Waals surface area contributed by atoms with Crippen LogP contribution in [-0.4, -0.2) is 50.4 Å². The summed E-state index contributed by atoms with van der Waals surface area (Å²) in [7, 11) is 1.59. The zero-order valence-corrected chi connectivity index (χ0v) is 9.16. The van der Waals surface area contributed by atoms with E-state index in [1.54, 1.807) is 12.0 Å². The van der Waals surface area contributed by atoms with Crippen LogP contribution in [0.2, 0.25) is 0 Å². The van der Waals surface area contributed by atoms with Gasteiger partial charge in [-0.15, -0.1) is 0 Å². The Kier molecular flexibility index (Phi) is 7.14. The summed E-state index contributed by atoms with van der Waals surface area (Å²) in [4.78, 5) is 13.0. The second kappa shape index (κ2) is 7.58. The van der Waals surface area contributed by atoms with Crippen LogP contribution in [0.4, 0.5) is 4.79 Å². The molecule has 0 bridgehead atoms. The Labute approximate surface area is 85.1 Å². The second-order valence-electron chi connectivity index (χ2n) is 3.20. The van der Waals surface area contributed by atoms with E-state index in [4.69, 9.17) is 15.2 Å². The summed E-state index contributed by atoms with van der Waals surface area (Å²) in [6.45, 7) is 5.56. The smallest absolute Gasteiger partial charge is 0.410 e. The van der Waals surface area contributed by atoms with E-state index in [0.29, 0.717) is 26.2 Å². The van der Waals surface area contributed by atoms with Gasteiger partial charge in [0.1, 0.15) is 0 Å². The highest BCUT2D eigenvalue weighted by Gasteiger charge is 2.14. The Bertz CT molecular complexity index is 162. The first-order valence-corrected chi connectivity index (χ1v) is 4.76. The summed E-state index contributed by atoms with van der Waals surface area (Å²) in [6, 6.07) is 0. The Balaban J connectivity index is 3.97. The van der Waals surface area contributed by atoms with E-state index < -0.39 is 0 Å². The molecule has 0 saturated heterocycles. The molecule has 14 heavy (non-hydrogen) atoms. The molecule has 0 aliphatic heterocycles. The molecule has 0 atom stereocenters. The number of hydrogen-bond acceptors (Lipinski definition) is 4. The molecule has 0 saturated carbocycles. The van der Waals surface area contributed by atoms with Crippen molar-refractivity contribution in [2.24, 2.45) is 5.73 Å². The molecule has 0 heterocycles. The Morgan fingerprint density at radius 2 is 2.07 bits per heavy atom. The maximum atomic E-state index is 11.4. The van der Waals surface area contributed by atoms with Crippen LogP contribution in [-0.2, 0) is 9.47 Å². The average Bonchev–Trinajstić information content (AvgIpc) is 2.10. The third-order valence-corrected chi connectivity index (χ3v) is 1.56. The van der Waals surface area contributed by atoms with Crippen LogP contribution in [0.5, 0.6) is 0 Å². The van der Waals surface area contributed by atoms with Crippen molar-refractivity contribution < 1.29 is 14.3 Å². The van der Waals surface area contributed by atoms with Gasteiger partial charge in [0, 0.05) is 26.7 Å². The molecule has 0 spiro atoms. The van der Waals surface area contributed by atoms with Gasteiger partial charge in [0.15, 0.2) is 0 Å². The van der Waals surface area contributed by atoms with Gasteiger partial charge in [-0.1, -0.05) is 0 Å². The molecule has 0 aromatic rings. The van der Waals surface area contributed by atoms with Crippen molar-refractivity contribution in [1.82, 2.24) is 4.90 Å². The SMILES string of the molecule is COCCN(CCN)C(=O)OC(C)C. The van der Waals surface area contributed by atoms with Crippen LogP contribution < -0.4 is 5.73 Å². The molecule has 1 amide bonds. The molecule has 0 unspecified atom stereocenters. The summed E-state index contributed by atoms with van der Waals surface area (Å²) < 4.78 is 9.92. The molecule has 5 nitrogen and oxygen atoms in total. The fourth-order valence-corrected chi connectivity index (χ4v) is 0.928. The fraction of sp³-hybridized carbons (Fsp3) is 0.889. The van der Waals surface area contributed by atoms with E-state index >= 15 is 0 Å². The summed E-state index contributed by atoms with van der Waals surface area (Å²) in [5, 5.41) is 0. The minimum atomic E-state index is -0.331. The van der Waals surface area contributed by atoms with Crippen molar-refractivity contribution in [3.63, 3.8) is 0 Å². The van der Waals surface area contributed by atoms with Crippen molar-refractivity contribution in [3.05, 3.63) is 0 Å². The van der Waals surface area contributed by atoms with Gasteiger partial charge in [-0.05, 0) is 13.8 Å². The van der Waals surface area contributed by atoms with Gasteiger partial charge >= 0.3 is 6.09 Å². The number of hydrogen-bond donors (Lipinski definition) is 1. The van der Waals surface area contributed by atoms with Crippen LogP contribution in [0.1, 0.15) is 13.8 Å². The largest absolute Gasteiger partial charge is 0.447 e. The van der Waals surface area contributed by atoms with Gasteiger partial charge in [-0.2, -0.15) is 0 Å². The Morgan fingerprint density at radius 3 is 2.50 bits per heavy atom. The Hall–Kier alpha value is -0.810. The zero-order valence-electron chi connectivity index (χ0n) is 9.16. The van der Waals surface area contributed by atoms with Crippen LogP contribution in [0.25, 0.3) is 0 Å². The summed E-state index contributed by atoms with van der Waals surface area (Å²) >= 11 is 0. The van der Waals surface area contributed by atoms with E-state index in [1.165, 1.54) is 0 Å². The normalized spacial score (nSPS) is 10.4. The topological polar surface area (TPSA) is 64.8 Å². The minimum absolute atomic E-state index is 0.106.